The summed E-state index contributed by atoms with van der Waals surface area (Å²) in [5.41, 5.74) is 1.45. The van der Waals surface area contributed by atoms with E-state index in [0.717, 1.165) is 5.69 Å². The van der Waals surface area contributed by atoms with E-state index in [0.29, 0.717) is 30.5 Å². The van der Waals surface area contributed by atoms with Gasteiger partial charge >= 0.3 is 6.61 Å². The number of nitrogens with one attached hydrogen (secondary N) is 2. The smallest absolute Gasteiger partial charge is 0.387 e. The van der Waals surface area contributed by atoms with Crippen LogP contribution in [0.2, 0.25) is 0 Å². The number of hydrogen-bond donors (Lipinski definition) is 2. The molecule has 32 heavy (non-hydrogen) atoms. The maximum absolute atomic E-state index is 12.9. The highest BCUT2D eigenvalue weighted by atomic mass is 127. The van der Waals surface area contributed by atoms with Gasteiger partial charge in [-0.3, -0.25) is 9.56 Å². The quantitative estimate of drug-likeness (QED) is 0.237. The SMILES string of the molecule is CCOc1cccc(CNC(=NC)NCc2nncn2-c2ccccc2)c1OC(F)F.I. The lowest BCUT2D eigenvalue weighted by atomic mass is 10.2. The number of aromatic nitrogens is 3. The van der Waals surface area contributed by atoms with Crippen LogP contribution in [0.3, 0.4) is 0 Å². The first kappa shape index (κ1) is 25.3. The lowest BCUT2D eigenvalue weighted by Gasteiger charge is -2.17. The predicted octanol–water partition coefficient (Wildman–Crippen LogP) is 3.75. The molecule has 0 amide bonds. The molecule has 3 aromatic rings. The maximum Gasteiger partial charge on any atom is 0.387 e. The highest BCUT2D eigenvalue weighted by Gasteiger charge is 2.16. The summed E-state index contributed by atoms with van der Waals surface area (Å²) in [5, 5.41) is 14.4. The van der Waals surface area contributed by atoms with Crippen molar-refractivity contribution in [3.8, 4) is 17.2 Å². The van der Waals surface area contributed by atoms with Gasteiger partial charge < -0.3 is 20.1 Å². The molecule has 2 aromatic carbocycles. The van der Waals surface area contributed by atoms with Gasteiger partial charge in [0.2, 0.25) is 0 Å². The third kappa shape index (κ3) is 6.77. The van der Waals surface area contributed by atoms with Gasteiger partial charge in [0.05, 0.1) is 13.2 Å². The van der Waals surface area contributed by atoms with Gasteiger partial charge in [0.15, 0.2) is 23.3 Å². The second-order valence-corrected chi connectivity index (χ2v) is 6.29. The molecule has 0 bridgehead atoms. The number of nitrogens with zero attached hydrogens (tertiary/aromatic N) is 4. The highest BCUT2D eigenvalue weighted by Crippen LogP contribution is 2.32. The number of alkyl halides is 2. The minimum absolute atomic E-state index is 0. The lowest BCUT2D eigenvalue weighted by molar-refractivity contribution is -0.0520. The molecule has 1 aromatic heterocycles. The Morgan fingerprint density at radius 2 is 1.84 bits per heavy atom. The van der Waals surface area contributed by atoms with Crippen LogP contribution in [0.1, 0.15) is 18.3 Å². The van der Waals surface area contributed by atoms with Crippen LogP contribution in [0, 0.1) is 0 Å². The molecule has 8 nitrogen and oxygen atoms in total. The van der Waals surface area contributed by atoms with E-state index in [-0.39, 0.29) is 42.0 Å². The normalized spacial score (nSPS) is 11.1. The first-order valence-corrected chi connectivity index (χ1v) is 9.70. The van der Waals surface area contributed by atoms with Crippen LogP contribution in [-0.2, 0) is 13.1 Å². The summed E-state index contributed by atoms with van der Waals surface area (Å²) in [6, 6.07) is 14.7. The van der Waals surface area contributed by atoms with Gasteiger partial charge in [0.1, 0.15) is 6.33 Å². The number of rotatable bonds is 9. The summed E-state index contributed by atoms with van der Waals surface area (Å²) in [7, 11) is 1.62. The van der Waals surface area contributed by atoms with Crippen molar-refractivity contribution in [3.63, 3.8) is 0 Å². The molecule has 0 unspecified atom stereocenters. The van der Waals surface area contributed by atoms with Crippen molar-refractivity contribution < 1.29 is 18.3 Å². The van der Waals surface area contributed by atoms with Crippen LogP contribution in [0.5, 0.6) is 11.5 Å². The van der Waals surface area contributed by atoms with Gasteiger partial charge in [-0.1, -0.05) is 30.3 Å². The van der Waals surface area contributed by atoms with Crippen molar-refractivity contribution in [2.45, 2.75) is 26.6 Å². The van der Waals surface area contributed by atoms with E-state index in [1.165, 1.54) is 0 Å². The molecule has 0 atom stereocenters. The fourth-order valence-electron chi connectivity index (χ4n) is 2.94. The van der Waals surface area contributed by atoms with E-state index in [1.54, 1.807) is 38.5 Å². The van der Waals surface area contributed by atoms with Crippen molar-refractivity contribution in [2.24, 2.45) is 4.99 Å². The molecule has 2 N–H and O–H groups in total. The number of guanidine groups is 1. The molecule has 0 aliphatic carbocycles. The molecule has 0 spiro atoms. The Morgan fingerprint density at radius 3 is 2.53 bits per heavy atom. The van der Waals surface area contributed by atoms with E-state index in [2.05, 4.69) is 25.8 Å². The standard InChI is InChI=1S/C21H24F2N6O2.HI/c1-3-30-17-11-7-8-15(19(17)31-20(22)23)12-25-21(24-2)26-13-18-28-27-14-29(18)16-9-5-4-6-10-16;/h4-11,14,20H,3,12-13H2,1-2H3,(H2,24,25,26);1H. The van der Waals surface area contributed by atoms with Crippen LogP contribution >= 0.6 is 24.0 Å². The van der Waals surface area contributed by atoms with E-state index >= 15 is 0 Å². The Bertz CT molecular complexity index is 1000. The number of para-hydroxylation sites is 2. The zero-order valence-corrected chi connectivity index (χ0v) is 20.0. The molecule has 1 heterocycles. The van der Waals surface area contributed by atoms with Crippen molar-refractivity contribution in [2.75, 3.05) is 13.7 Å². The molecular weight excluding hydrogens is 533 g/mol. The number of ether oxygens (including phenoxy) is 2. The van der Waals surface area contributed by atoms with E-state index in [1.807, 2.05) is 34.9 Å². The molecule has 0 saturated heterocycles. The summed E-state index contributed by atoms with van der Waals surface area (Å²) in [6.07, 6.45) is 1.63. The summed E-state index contributed by atoms with van der Waals surface area (Å²) < 4.78 is 37.8. The Morgan fingerprint density at radius 1 is 1.09 bits per heavy atom. The minimum Gasteiger partial charge on any atom is -0.490 e. The third-order valence-electron chi connectivity index (χ3n) is 4.30. The van der Waals surface area contributed by atoms with Crippen LogP contribution in [0.15, 0.2) is 59.9 Å². The van der Waals surface area contributed by atoms with Crippen molar-refractivity contribution in [3.05, 3.63) is 66.2 Å². The van der Waals surface area contributed by atoms with Gasteiger partial charge in [-0.2, -0.15) is 8.78 Å². The van der Waals surface area contributed by atoms with E-state index in [4.69, 9.17) is 9.47 Å². The first-order valence-electron chi connectivity index (χ1n) is 9.70. The van der Waals surface area contributed by atoms with Gasteiger partial charge in [0.25, 0.3) is 0 Å². The Balaban J connectivity index is 0.00000363. The number of benzene rings is 2. The second kappa shape index (κ2) is 12.8. The van der Waals surface area contributed by atoms with Gasteiger partial charge in [0, 0.05) is 24.8 Å². The van der Waals surface area contributed by atoms with Crippen LogP contribution in [0.4, 0.5) is 8.78 Å². The second-order valence-electron chi connectivity index (χ2n) is 6.29. The summed E-state index contributed by atoms with van der Waals surface area (Å²) >= 11 is 0. The molecule has 3 rings (SSSR count). The molecule has 0 radical (unpaired) electrons. The van der Waals surface area contributed by atoms with Crippen molar-refractivity contribution in [1.29, 1.82) is 0 Å². The Hall–Kier alpha value is -2.96. The average Bonchev–Trinajstić information content (AvgIpc) is 3.25. The number of halogens is 3. The van der Waals surface area contributed by atoms with E-state index < -0.39 is 6.61 Å². The van der Waals surface area contributed by atoms with Gasteiger partial charge in [-0.15, -0.1) is 34.2 Å². The topological polar surface area (TPSA) is 85.6 Å². The maximum atomic E-state index is 12.9. The summed E-state index contributed by atoms with van der Waals surface area (Å²) in [6.45, 7) is -0.289. The monoisotopic (exact) mass is 558 g/mol. The zero-order chi connectivity index (χ0) is 22.1. The molecule has 11 heteroatoms. The zero-order valence-electron chi connectivity index (χ0n) is 17.7. The fraction of sp³-hybridized carbons (Fsp3) is 0.286. The predicted molar refractivity (Wildman–Crippen MR) is 128 cm³/mol. The fourth-order valence-corrected chi connectivity index (χ4v) is 2.94. The van der Waals surface area contributed by atoms with Crippen LogP contribution in [-0.4, -0.2) is 41.0 Å². The molecular formula is C21H25F2IN6O2. The molecule has 0 aliphatic rings. The van der Waals surface area contributed by atoms with Crippen molar-refractivity contribution in [1.82, 2.24) is 25.4 Å². The van der Waals surface area contributed by atoms with Crippen LogP contribution < -0.4 is 20.1 Å². The van der Waals surface area contributed by atoms with Crippen molar-refractivity contribution >= 4 is 29.9 Å². The molecule has 0 aliphatic heterocycles. The minimum atomic E-state index is -2.96. The molecule has 172 valence electrons. The third-order valence-corrected chi connectivity index (χ3v) is 4.30. The lowest BCUT2D eigenvalue weighted by Crippen LogP contribution is -2.37. The summed E-state index contributed by atoms with van der Waals surface area (Å²) in [4.78, 5) is 4.17. The Kier molecular flexibility index (Phi) is 10.1. The van der Waals surface area contributed by atoms with E-state index in [9.17, 15) is 8.78 Å². The van der Waals surface area contributed by atoms with Gasteiger partial charge in [-0.05, 0) is 25.1 Å². The molecule has 0 fully saturated rings. The number of aliphatic imine (C=N–C) groups is 1. The largest absolute Gasteiger partial charge is 0.490 e. The Labute approximate surface area is 202 Å². The average molecular weight is 558 g/mol. The first-order chi connectivity index (χ1) is 15.1. The summed E-state index contributed by atoms with van der Waals surface area (Å²) in [5.74, 6) is 1.42. The van der Waals surface area contributed by atoms with Gasteiger partial charge in [-0.25, -0.2) is 0 Å². The number of hydrogen-bond acceptors (Lipinski definition) is 5. The van der Waals surface area contributed by atoms with Crippen LogP contribution in [0.25, 0.3) is 5.69 Å². The highest BCUT2D eigenvalue weighted by molar-refractivity contribution is 14.0. The molecule has 0 saturated carbocycles.